The van der Waals surface area contributed by atoms with Crippen LogP contribution in [0.1, 0.15) is 25.3 Å². The number of rotatable bonds is 2. The van der Waals surface area contributed by atoms with Crippen LogP contribution in [-0.4, -0.2) is 23.9 Å². The summed E-state index contributed by atoms with van der Waals surface area (Å²) < 4.78 is 0.948. The molecule has 3 rings (SSSR count). The lowest BCUT2D eigenvalue weighted by Gasteiger charge is -2.38. The van der Waals surface area contributed by atoms with Crippen LogP contribution in [0.15, 0.2) is 22.7 Å². The van der Waals surface area contributed by atoms with Gasteiger partial charge in [0.2, 0.25) is 5.91 Å². The summed E-state index contributed by atoms with van der Waals surface area (Å²) in [5, 5.41) is 2.87. The summed E-state index contributed by atoms with van der Waals surface area (Å²) in [6.07, 6.45) is 2.05. The van der Waals surface area contributed by atoms with Crippen LogP contribution in [0.2, 0.25) is 0 Å². The molecule has 1 aromatic carbocycles. The van der Waals surface area contributed by atoms with Gasteiger partial charge in [0.25, 0.3) is 5.91 Å². The van der Waals surface area contributed by atoms with Gasteiger partial charge in [-0.15, -0.1) is 0 Å². The van der Waals surface area contributed by atoms with Gasteiger partial charge in [0.15, 0.2) is 0 Å². The maximum Gasteiger partial charge on any atom is 0.250 e. The van der Waals surface area contributed by atoms with Crippen molar-refractivity contribution in [3.8, 4) is 0 Å². The first-order valence-corrected chi connectivity index (χ1v) is 7.68. The predicted octanol–water partition coefficient (Wildman–Crippen LogP) is 2.39. The Hall–Kier alpha value is -1.36. The molecule has 0 aromatic heterocycles. The molecule has 2 aliphatic rings. The number of hydrogen-bond acceptors (Lipinski definition) is 2. The number of hydrogen-bond donors (Lipinski definition) is 1. The van der Waals surface area contributed by atoms with Gasteiger partial charge in [-0.1, -0.05) is 22.0 Å². The van der Waals surface area contributed by atoms with E-state index in [1.165, 1.54) is 0 Å². The molecule has 1 saturated heterocycles. The highest BCUT2D eigenvalue weighted by atomic mass is 79.9. The number of halogens is 1. The number of anilines is 1. The van der Waals surface area contributed by atoms with Crippen LogP contribution < -0.4 is 10.2 Å². The van der Waals surface area contributed by atoms with E-state index in [4.69, 9.17) is 0 Å². The molecule has 1 aliphatic carbocycles. The third-order valence-electron chi connectivity index (χ3n) is 4.16. The van der Waals surface area contributed by atoms with Gasteiger partial charge in [0.05, 0.1) is 0 Å². The van der Waals surface area contributed by atoms with Gasteiger partial charge in [0, 0.05) is 10.2 Å². The fraction of sp³-hybridized carbons (Fsp3) is 0.467. The third kappa shape index (κ3) is 2.14. The summed E-state index contributed by atoms with van der Waals surface area (Å²) in [5.74, 6) is 0.260. The van der Waals surface area contributed by atoms with Crippen molar-refractivity contribution in [2.24, 2.45) is 5.92 Å². The molecule has 1 N–H and O–H groups in total. The Morgan fingerprint density at radius 3 is 2.65 bits per heavy atom. The summed E-state index contributed by atoms with van der Waals surface area (Å²) >= 11 is 3.49. The molecular weight excluding hydrogens is 320 g/mol. The number of nitrogens with zero attached hydrogens (tertiary/aromatic N) is 1. The van der Waals surface area contributed by atoms with Crippen LogP contribution in [0.5, 0.6) is 0 Å². The van der Waals surface area contributed by atoms with Crippen molar-refractivity contribution in [3.05, 3.63) is 28.2 Å². The van der Waals surface area contributed by atoms with Crippen molar-refractivity contribution in [2.75, 3.05) is 4.90 Å². The van der Waals surface area contributed by atoms with E-state index >= 15 is 0 Å². The first-order chi connectivity index (χ1) is 9.50. The zero-order valence-corrected chi connectivity index (χ0v) is 13.1. The van der Waals surface area contributed by atoms with E-state index in [0.717, 1.165) is 28.6 Å². The lowest BCUT2D eigenvalue weighted by molar-refractivity contribution is -0.134. The van der Waals surface area contributed by atoms with Crippen LogP contribution in [0.4, 0.5) is 5.69 Å². The van der Waals surface area contributed by atoms with Crippen molar-refractivity contribution >= 4 is 33.4 Å². The van der Waals surface area contributed by atoms with Crippen LogP contribution in [0.25, 0.3) is 0 Å². The minimum absolute atomic E-state index is 0.0146. The van der Waals surface area contributed by atoms with Crippen molar-refractivity contribution in [1.29, 1.82) is 0 Å². The number of carbonyl (C=O) groups is 2. The molecule has 5 heteroatoms. The number of nitrogens with one attached hydrogen (secondary N) is 1. The molecule has 1 aliphatic heterocycles. The standard InChI is InChI=1S/C15H17BrN2O2/c1-8-11(16)4-3-5-12(8)18-9(2)14(19)17-13(15(18)20)10-6-7-10/h3-5,9-10,13H,6-7H2,1-2H3,(H,17,19). The average molecular weight is 337 g/mol. The molecule has 106 valence electrons. The number of piperazine rings is 1. The largest absolute Gasteiger partial charge is 0.342 e. The van der Waals surface area contributed by atoms with Gasteiger partial charge in [-0.3, -0.25) is 14.5 Å². The fourth-order valence-corrected chi connectivity index (χ4v) is 3.08. The smallest absolute Gasteiger partial charge is 0.250 e. The van der Waals surface area contributed by atoms with Crippen molar-refractivity contribution in [1.82, 2.24) is 5.32 Å². The maximum atomic E-state index is 12.7. The molecule has 1 saturated carbocycles. The van der Waals surface area contributed by atoms with Gasteiger partial charge in [0.1, 0.15) is 12.1 Å². The van der Waals surface area contributed by atoms with E-state index in [0.29, 0.717) is 5.92 Å². The highest BCUT2D eigenvalue weighted by molar-refractivity contribution is 9.10. The lowest BCUT2D eigenvalue weighted by Crippen LogP contribution is -2.63. The molecule has 0 spiro atoms. The molecule has 1 aromatic rings. The average Bonchev–Trinajstić information content (AvgIpc) is 3.23. The number of amides is 2. The second-order valence-electron chi connectivity index (χ2n) is 5.59. The molecule has 0 radical (unpaired) electrons. The monoisotopic (exact) mass is 336 g/mol. The number of benzene rings is 1. The molecule has 2 fully saturated rings. The summed E-state index contributed by atoms with van der Waals surface area (Å²) in [5.41, 5.74) is 1.80. The Morgan fingerprint density at radius 2 is 2.00 bits per heavy atom. The second kappa shape index (κ2) is 4.88. The Bertz CT molecular complexity index is 583. The zero-order valence-electron chi connectivity index (χ0n) is 11.5. The zero-order chi connectivity index (χ0) is 14.4. The minimum atomic E-state index is -0.467. The van der Waals surface area contributed by atoms with Gasteiger partial charge < -0.3 is 5.32 Å². The van der Waals surface area contributed by atoms with Crippen molar-refractivity contribution in [3.63, 3.8) is 0 Å². The van der Waals surface area contributed by atoms with E-state index in [1.807, 2.05) is 25.1 Å². The Balaban J connectivity index is 2.02. The topological polar surface area (TPSA) is 49.4 Å². The molecular formula is C15H17BrN2O2. The summed E-state index contributed by atoms with van der Waals surface area (Å²) in [6.45, 7) is 3.73. The normalized spacial score (nSPS) is 26.6. The molecule has 4 nitrogen and oxygen atoms in total. The molecule has 20 heavy (non-hydrogen) atoms. The van der Waals surface area contributed by atoms with E-state index in [1.54, 1.807) is 11.8 Å². The predicted molar refractivity (Wildman–Crippen MR) is 80.5 cm³/mol. The molecule has 1 heterocycles. The first-order valence-electron chi connectivity index (χ1n) is 6.89. The highest BCUT2D eigenvalue weighted by Gasteiger charge is 2.46. The van der Waals surface area contributed by atoms with E-state index in [9.17, 15) is 9.59 Å². The van der Waals surface area contributed by atoms with Crippen molar-refractivity contribution in [2.45, 2.75) is 38.8 Å². The van der Waals surface area contributed by atoms with E-state index in [2.05, 4.69) is 21.2 Å². The third-order valence-corrected chi connectivity index (χ3v) is 5.02. The molecule has 2 amide bonds. The minimum Gasteiger partial charge on any atom is -0.342 e. The maximum absolute atomic E-state index is 12.7. The Morgan fingerprint density at radius 1 is 1.30 bits per heavy atom. The molecule has 2 atom stereocenters. The highest BCUT2D eigenvalue weighted by Crippen LogP contribution is 2.37. The summed E-state index contributed by atoms with van der Waals surface area (Å²) in [7, 11) is 0. The van der Waals surface area contributed by atoms with Crippen LogP contribution in [-0.2, 0) is 9.59 Å². The Kier molecular flexibility index (Phi) is 3.32. The van der Waals surface area contributed by atoms with Crippen LogP contribution in [0, 0.1) is 12.8 Å². The molecule has 2 unspecified atom stereocenters. The quantitative estimate of drug-likeness (QED) is 0.901. The van der Waals surface area contributed by atoms with Crippen LogP contribution in [0.3, 0.4) is 0 Å². The van der Waals surface area contributed by atoms with Crippen molar-refractivity contribution < 1.29 is 9.59 Å². The first kappa shape index (κ1) is 13.6. The van der Waals surface area contributed by atoms with Crippen LogP contribution >= 0.6 is 15.9 Å². The van der Waals surface area contributed by atoms with E-state index < -0.39 is 6.04 Å². The van der Waals surface area contributed by atoms with Gasteiger partial charge >= 0.3 is 0 Å². The van der Waals surface area contributed by atoms with E-state index in [-0.39, 0.29) is 17.9 Å². The van der Waals surface area contributed by atoms with Gasteiger partial charge in [-0.2, -0.15) is 0 Å². The van der Waals surface area contributed by atoms with Gasteiger partial charge in [-0.05, 0) is 50.3 Å². The molecule has 0 bridgehead atoms. The fourth-order valence-electron chi connectivity index (χ4n) is 2.73. The Labute approximate surface area is 126 Å². The lowest BCUT2D eigenvalue weighted by atomic mass is 10.0. The number of carbonyl (C=O) groups excluding carboxylic acids is 2. The second-order valence-corrected chi connectivity index (χ2v) is 6.45. The summed E-state index contributed by atoms with van der Waals surface area (Å²) in [6, 6.07) is 4.92. The summed E-state index contributed by atoms with van der Waals surface area (Å²) in [4.78, 5) is 26.5. The van der Waals surface area contributed by atoms with Gasteiger partial charge in [-0.25, -0.2) is 0 Å². The SMILES string of the molecule is Cc1c(Br)cccc1N1C(=O)C(C2CC2)NC(=O)C1C.